The molecule has 2 aliphatic heterocycles. The lowest BCUT2D eigenvalue weighted by Crippen LogP contribution is -2.47. The number of hydrogen-bond donors (Lipinski definition) is 1. The van der Waals surface area contributed by atoms with Crippen molar-refractivity contribution in [1.82, 2.24) is 10.2 Å². The van der Waals surface area contributed by atoms with Crippen molar-refractivity contribution in [1.29, 1.82) is 0 Å². The molecule has 94 valence electrons. The zero-order valence-corrected chi connectivity index (χ0v) is 10.2. The summed E-state index contributed by atoms with van der Waals surface area (Å²) in [5.74, 6) is -0.500. The molecule has 0 aromatic carbocycles. The summed E-state index contributed by atoms with van der Waals surface area (Å²) in [4.78, 5) is 24.7. The highest BCUT2D eigenvalue weighted by atomic mass is 32.2. The van der Waals surface area contributed by atoms with Gasteiger partial charge in [-0.1, -0.05) is 0 Å². The Balaban J connectivity index is 2.18. The summed E-state index contributed by atoms with van der Waals surface area (Å²) < 4.78 is 22.6. The maximum Gasteiger partial charge on any atom is 0.245 e. The van der Waals surface area contributed by atoms with Crippen molar-refractivity contribution in [2.75, 3.05) is 12.3 Å². The van der Waals surface area contributed by atoms with Crippen LogP contribution >= 0.6 is 0 Å². The monoisotopic (exact) mass is 258 g/mol. The van der Waals surface area contributed by atoms with E-state index in [0.717, 1.165) is 5.41 Å². The molecule has 2 heterocycles. The molecule has 2 unspecified atom stereocenters. The van der Waals surface area contributed by atoms with Crippen LogP contribution in [0.15, 0.2) is 11.5 Å². The van der Waals surface area contributed by atoms with E-state index in [4.69, 9.17) is 0 Å². The van der Waals surface area contributed by atoms with E-state index in [2.05, 4.69) is 5.32 Å². The van der Waals surface area contributed by atoms with E-state index < -0.39 is 21.9 Å². The number of carbonyl (C=O) groups is 2. The van der Waals surface area contributed by atoms with Gasteiger partial charge in [-0.05, 0) is 13.0 Å². The summed E-state index contributed by atoms with van der Waals surface area (Å²) in [5, 5.41) is 3.70. The second-order valence-corrected chi connectivity index (χ2v) is 6.23. The number of amides is 2. The van der Waals surface area contributed by atoms with Crippen molar-refractivity contribution in [3.63, 3.8) is 0 Å². The number of carbonyl (C=O) groups excluding carboxylic acids is 2. The Bertz CT molecular complexity index is 483. The summed E-state index contributed by atoms with van der Waals surface area (Å²) in [7, 11) is -3.19. The van der Waals surface area contributed by atoms with Crippen LogP contribution in [0.4, 0.5) is 0 Å². The van der Waals surface area contributed by atoms with E-state index in [1.807, 2.05) is 0 Å². The predicted octanol–water partition coefficient (Wildman–Crippen LogP) is -0.966. The number of rotatable bonds is 1. The molecule has 2 aliphatic rings. The lowest BCUT2D eigenvalue weighted by atomic mass is 10.2. The number of hydrogen-bond acceptors (Lipinski definition) is 4. The van der Waals surface area contributed by atoms with Crippen LogP contribution in [-0.4, -0.2) is 49.5 Å². The molecule has 0 aromatic rings. The molecule has 2 amide bonds. The van der Waals surface area contributed by atoms with Gasteiger partial charge < -0.3 is 10.2 Å². The maximum atomic E-state index is 12.0. The average Bonchev–Trinajstić information content (AvgIpc) is 2.52. The zero-order chi connectivity index (χ0) is 12.6. The Hall–Kier alpha value is -1.37. The molecule has 0 bridgehead atoms. The fourth-order valence-electron chi connectivity index (χ4n) is 2.04. The van der Waals surface area contributed by atoms with Crippen LogP contribution in [0.25, 0.3) is 0 Å². The lowest BCUT2D eigenvalue weighted by molar-refractivity contribution is -0.133. The standard InChI is InChI=1S/C10H14N2O4S/c1-7-10(14)12(4-2-9(13)11-7)8-3-5-17(15,16)6-8/h3,5,7-8H,2,4,6H2,1H3,(H,11,13). The topological polar surface area (TPSA) is 83.6 Å². The largest absolute Gasteiger partial charge is 0.345 e. The third-order valence-electron chi connectivity index (χ3n) is 2.92. The molecule has 1 fully saturated rings. The molecule has 2 atom stereocenters. The van der Waals surface area contributed by atoms with Crippen molar-refractivity contribution in [2.24, 2.45) is 0 Å². The second-order valence-electron chi connectivity index (χ2n) is 4.30. The summed E-state index contributed by atoms with van der Waals surface area (Å²) >= 11 is 0. The minimum absolute atomic E-state index is 0.0837. The maximum absolute atomic E-state index is 12.0. The molecule has 0 aliphatic carbocycles. The number of sulfone groups is 1. The molecule has 2 rings (SSSR count). The highest BCUT2D eigenvalue weighted by molar-refractivity contribution is 7.94. The number of nitrogens with zero attached hydrogens (tertiary/aromatic N) is 1. The van der Waals surface area contributed by atoms with Gasteiger partial charge in [-0.15, -0.1) is 0 Å². The van der Waals surface area contributed by atoms with Gasteiger partial charge in [0, 0.05) is 18.4 Å². The van der Waals surface area contributed by atoms with Gasteiger partial charge in [0.2, 0.25) is 11.8 Å². The normalized spacial score (nSPS) is 32.4. The van der Waals surface area contributed by atoms with E-state index in [1.54, 1.807) is 6.92 Å². The number of nitrogens with one attached hydrogen (secondary N) is 1. The highest BCUT2D eigenvalue weighted by Gasteiger charge is 2.34. The quantitative estimate of drug-likeness (QED) is 0.656. The molecule has 0 saturated carbocycles. The summed E-state index contributed by atoms with van der Waals surface area (Å²) in [5.41, 5.74) is 0. The molecule has 0 radical (unpaired) electrons. The Kier molecular flexibility index (Phi) is 2.94. The summed E-state index contributed by atoms with van der Waals surface area (Å²) in [6, 6.07) is -1.04. The van der Waals surface area contributed by atoms with Crippen LogP contribution in [0.3, 0.4) is 0 Å². The first kappa shape index (κ1) is 12.1. The molecule has 17 heavy (non-hydrogen) atoms. The van der Waals surface area contributed by atoms with Crippen LogP contribution in [-0.2, 0) is 19.4 Å². The van der Waals surface area contributed by atoms with Crippen molar-refractivity contribution in [3.8, 4) is 0 Å². The van der Waals surface area contributed by atoms with E-state index in [9.17, 15) is 18.0 Å². The Labute approximate surface area is 99.6 Å². The zero-order valence-electron chi connectivity index (χ0n) is 9.42. The lowest BCUT2D eigenvalue weighted by Gasteiger charge is -2.26. The van der Waals surface area contributed by atoms with E-state index in [-0.39, 0.29) is 30.5 Å². The average molecular weight is 258 g/mol. The molecule has 6 nitrogen and oxygen atoms in total. The first-order valence-electron chi connectivity index (χ1n) is 5.40. The minimum atomic E-state index is -3.19. The van der Waals surface area contributed by atoms with Crippen molar-refractivity contribution < 1.29 is 18.0 Å². The molecule has 1 saturated heterocycles. The molecule has 1 N–H and O–H groups in total. The van der Waals surface area contributed by atoms with Gasteiger partial charge in [-0.2, -0.15) is 0 Å². The van der Waals surface area contributed by atoms with Crippen LogP contribution in [0.5, 0.6) is 0 Å². The van der Waals surface area contributed by atoms with Gasteiger partial charge in [0.15, 0.2) is 9.84 Å². The SMILES string of the molecule is CC1NC(=O)CCN(C2C=CS(=O)(=O)C2)C1=O. The van der Waals surface area contributed by atoms with Gasteiger partial charge in [0.05, 0.1) is 11.8 Å². The van der Waals surface area contributed by atoms with Gasteiger partial charge >= 0.3 is 0 Å². The van der Waals surface area contributed by atoms with Crippen LogP contribution in [0, 0.1) is 0 Å². The van der Waals surface area contributed by atoms with Crippen LogP contribution in [0.2, 0.25) is 0 Å². The van der Waals surface area contributed by atoms with Gasteiger partial charge in [0.1, 0.15) is 6.04 Å². The first-order valence-corrected chi connectivity index (χ1v) is 7.11. The van der Waals surface area contributed by atoms with Crippen molar-refractivity contribution in [2.45, 2.75) is 25.4 Å². The molecule has 7 heteroatoms. The van der Waals surface area contributed by atoms with Crippen LogP contribution in [0.1, 0.15) is 13.3 Å². The second kappa shape index (κ2) is 4.14. The minimum Gasteiger partial charge on any atom is -0.345 e. The van der Waals surface area contributed by atoms with Gasteiger partial charge in [0.25, 0.3) is 0 Å². The Morgan fingerprint density at radius 2 is 2.12 bits per heavy atom. The van der Waals surface area contributed by atoms with E-state index in [1.165, 1.54) is 11.0 Å². The summed E-state index contributed by atoms with van der Waals surface area (Å²) in [6.45, 7) is 1.87. The predicted molar refractivity (Wildman–Crippen MR) is 60.6 cm³/mol. The van der Waals surface area contributed by atoms with Gasteiger partial charge in [-0.25, -0.2) is 8.42 Å². The Morgan fingerprint density at radius 3 is 2.71 bits per heavy atom. The van der Waals surface area contributed by atoms with Crippen molar-refractivity contribution in [3.05, 3.63) is 11.5 Å². The van der Waals surface area contributed by atoms with Crippen LogP contribution < -0.4 is 5.32 Å². The fraction of sp³-hybridized carbons (Fsp3) is 0.600. The first-order chi connectivity index (χ1) is 7.89. The highest BCUT2D eigenvalue weighted by Crippen LogP contribution is 2.17. The molecule has 0 spiro atoms. The van der Waals surface area contributed by atoms with E-state index >= 15 is 0 Å². The van der Waals surface area contributed by atoms with E-state index in [0.29, 0.717) is 0 Å². The van der Waals surface area contributed by atoms with Gasteiger partial charge in [-0.3, -0.25) is 9.59 Å². The Morgan fingerprint density at radius 1 is 1.41 bits per heavy atom. The van der Waals surface area contributed by atoms with Crippen molar-refractivity contribution >= 4 is 21.7 Å². The fourth-order valence-corrected chi connectivity index (χ4v) is 3.34. The third kappa shape index (κ3) is 2.49. The molecular weight excluding hydrogens is 244 g/mol. The summed E-state index contributed by atoms with van der Waals surface area (Å²) in [6.07, 6.45) is 1.72. The molecular formula is C10H14N2O4S. The third-order valence-corrected chi connectivity index (χ3v) is 4.30. The smallest absolute Gasteiger partial charge is 0.245 e. The molecule has 0 aromatic heterocycles.